The predicted molar refractivity (Wildman–Crippen MR) is 116 cm³/mol. The lowest BCUT2D eigenvalue weighted by atomic mass is 10.0. The Labute approximate surface area is 178 Å². The lowest BCUT2D eigenvalue weighted by Gasteiger charge is -2.19. The average molecular weight is 407 g/mol. The van der Waals surface area contributed by atoms with Crippen LogP contribution in [0.15, 0.2) is 48.5 Å². The Morgan fingerprint density at radius 1 is 1.03 bits per heavy atom. The van der Waals surface area contributed by atoms with Crippen molar-refractivity contribution >= 4 is 11.8 Å². The van der Waals surface area contributed by atoms with Gasteiger partial charge < -0.3 is 15.0 Å². The Morgan fingerprint density at radius 3 is 2.67 bits per heavy atom. The lowest BCUT2D eigenvalue weighted by Crippen LogP contribution is -2.33. The minimum absolute atomic E-state index is 0.0831. The van der Waals surface area contributed by atoms with Crippen molar-refractivity contribution in [2.24, 2.45) is 5.92 Å². The van der Waals surface area contributed by atoms with Gasteiger partial charge in [0.1, 0.15) is 12.4 Å². The molecule has 1 heterocycles. The smallest absolute Gasteiger partial charge is 0.226 e. The fraction of sp³-hybridized carbons (Fsp3) is 0.440. The summed E-state index contributed by atoms with van der Waals surface area (Å²) in [7, 11) is 0. The number of nitrogens with zero attached hydrogens (tertiary/aromatic N) is 1. The Morgan fingerprint density at radius 2 is 1.87 bits per heavy atom. The van der Waals surface area contributed by atoms with Crippen LogP contribution in [-0.4, -0.2) is 36.4 Å². The summed E-state index contributed by atoms with van der Waals surface area (Å²) in [5, 5.41) is 3.02. The van der Waals surface area contributed by atoms with E-state index in [2.05, 4.69) is 23.5 Å². The van der Waals surface area contributed by atoms with E-state index in [1.807, 2.05) is 35.2 Å². The molecular formula is C25H30N2O3. The van der Waals surface area contributed by atoms with Crippen molar-refractivity contribution in [2.75, 3.05) is 19.7 Å². The third kappa shape index (κ3) is 5.62. The van der Waals surface area contributed by atoms with Gasteiger partial charge in [-0.15, -0.1) is 0 Å². The summed E-state index contributed by atoms with van der Waals surface area (Å²) in [6.07, 6.45) is 5.11. The monoisotopic (exact) mass is 406 g/mol. The van der Waals surface area contributed by atoms with E-state index in [-0.39, 0.29) is 17.7 Å². The van der Waals surface area contributed by atoms with Crippen molar-refractivity contribution in [2.45, 2.75) is 45.1 Å². The first-order valence-electron chi connectivity index (χ1n) is 11.0. The lowest BCUT2D eigenvalue weighted by molar-refractivity contribution is -0.133. The van der Waals surface area contributed by atoms with Crippen LogP contribution in [0.2, 0.25) is 0 Å². The summed E-state index contributed by atoms with van der Waals surface area (Å²) < 4.78 is 5.84. The van der Waals surface area contributed by atoms with Gasteiger partial charge in [0.15, 0.2) is 0 Å². The Balaban J connectivity index is 1.24. The van der Waals surface area contributed by atoms with Crippen LogP contribution >= 0.6 is 0 Å². The number of benzene rings is 2. The van der Waals surface area contributed by atoms with Gasteiger partial charge in [0.2, 0.25) is 11.8 Å². The second-order valence-corrected chi connectivity index (χ2v) is 8.26. The molecule has 2 aromatic carbocycles. The van der Waals surface area contributed by atoms with Crippen LogP contribution in [0, 0.1) is 5.92 Å². The van der Waals surface area contributed by atoms with Crippen LogP contribution in [0.1, 0.15) is 42.4 Å². The highest BCUT2D eigenvalue weighted by Crippen LogP contribution is 2.33. The van der Waals surface area contributed by atoms with Crippen LogP contribution in [0.5, 0.6) is 5.75 Å². The first kappa shape index (κ1) is 20.5. The molecule has 2 amide bonds. The molecule has 2 aromatic rings. The number of hydrogen-bond acceptors (Lipinski definition) is 3. The highest BCUT2D eigenvalue weighted by atomic mass is 16.5. The molecule has 0 unspecified atom stereocenters. The van der Waals surface area contributed by atoms with Gasteiger partial charge in [-0.05, 0) is 49.3 Å². The molecule has 1 saturated carbocycles. The summed E-state index contributed by atoms with van der Waals surface area (Å²) in [6.45, 7) is 2.48. The van der Waals surface area contributed by atoms with Crippen molar-refractivity contribution < 1.29 is 14.3 Å². The predicted octanol–water partition coefficient (Wildman–Crippen LogP) is 3.50. The van der Waals surface area contributed by atoms with Gasteiger partial charge >= 0.3 is 0 Å². The fourth-order valence-corrected chi connectivity index (χ4v) is 3.89. The summed E-state index contributed by atoms with van der Waals surface area (Å²) in [6, 6.07) is 16.4. The highest BCUT2D eigenvalue weighted by Gasteiger charge is 2.34. The Hall–Kier alpha value is -2.82. The van der Waals surface area contributed by atoms with E-state index < -0.39 is 0 Å². The summed E-state index contributed by atoms with van der Waals surface area (Å²) in [5.74, 6) is 1.42. The molecule has 0 saturated heterocycles. The van der Waals surface area contributed by atoms with Gasteiger partial charge in [-0.2, -0.15) is 0 Å². The molecule has 5 nitrogen and oxygen atoms in total. The number of nitrogens with one attached hydrogen (secondary N) is 1. The van der Waals surface area contributed by atoms with E-state index in [0.717, 1.165) is 42.6 Å². The first-order valence-corrected chi connectivity index (χ1v) is 11.0. The zero-order chi connectivity index (χ0) is 20.8. The number of ether oxygens (including phenoxy) is 1. The molecule has 0 spiro atoms. The minimum atomic E-state index is 0.0831. The van der Waals surface area contributed by atoms with E-state index >= 15 is 0 Å². The number of carbonyl (C=O) groups is 2. The second kappa shape index (κ2) is 9.79. The van der Waals surface area contributed by atoms with Crippen molar-refractivity contribution in [1.82, 2.24) is 10.2 Å². The zero-order valence-electron chi connectivity index (χ0n) is 17.4. The number of aryl methyl sites for hydroxylation is 2. The quantitative estimate of drug-likeness (QED) is 0.683. The molecule has 0 aromatic heterocycles. The molecule has 0 atom stereocenters. The third-order valence-corrected chi connectivity index (χ3v) is 5.79. The maximum absolute atomic E-state index is 12.5. The molecule has 158 valence electrons. The molecular weight excluding hydrogens is 376 g/mol. The van der Waals surface area contributed by atoms with E-state index in [1.165, 1.54) is 5.56 Å². The van der Waals surface area contributed by atoms with Crippen LogP contribution in [0.4, 0.5) is 0 Å². The molecule has 1 aliphatic heterocycles. The normalized spacial score (nSPS) is 15.7. The molecule has 1 fully saturated rings. The van der Waals surface area contributed by atoms with E-state index in [4.69, 9.17) is 4.74 Å². The summed E-state index contributed by atoms with van der Waals surface area (Å²) in [4.78, 5) is 26.6. The Kier molecular flexibility index (Phi) is 6.67. The van der Waals surface area contributed by atoms with Gasteiger partial charge in [0.05, 0.1) is 6.54 Å². The number of hydrogen-bond donors (Lipinski definition) is 1. The molecule has 1 N–H and O–H groups in total. The highest BCUT2D eigenvalue weighted by molar-refractivity contribution is 5.81. The maximum atomic E-state index is 12.5. The zero-order valence-corrected chi connectivity index (χ0v) is 17.4. The first-order chi connectivity index (χ1) is 14.7. The number of fused-ring (bicyclic) bond motifs is 1. The van der Waals surface area contributed by atoms with E-state index in [1.54, 1.807) is 0 Å². The van der Waals surface area contributed by atoms with Crippen LogP contribution < -0.4 is 10.1 Å². The Bertz CT molecular complexity index is 877. The topological polar surface area (TPSA) is 58.6 Å². The van der Waals surface area contributed by atoms with Gasteiger partial charge in [-0.1, -0.05) is 42.5 Å². The van der Waals surface area contributed by atoms with Crippen molar-refractivity contribution in [1.29, 1.82) is 0 Å². The summed E-state index contributed by atoms with van der Waals surface area (Å²) in [5.41, 5.74) is 3.45. The molecule has 5 heteroatoms. The SMILES string of the molecule is O=C(CCc1ccc2c(c1)CN(C(=O)C1CC1)CCO2)NCCCc1ccccc1. The van der Waals surface area contributed by atoms with Crippen molar-refractivity contribution in [3.8, 4) is 5.75 Å². The van der Waals surface area contributed by atoms with Gasteiger partial charge in [0, 0.05) is 31.0 Å². The van der Waals surface area contributed by atoms with Gasteiger partial charge in [-0.25, -0.2) is 0 Å². The second-order valence-electron chi connectivity index (χ2n) is 8.26. The number of amides is 2. The van der Waals surface area contributed by atoms with Crippen LogP contribution in [-0.2, 0) is 29.0 Å². The van der Waals surface area contributed by atoms with E-state index in [9.17, 15) is 9.59 Å². The molecule has 4 rings (SSSR count). The van der Waals surface area contributed by atoms with Crippen molar-refractivity contribution in [3.63, 3.8) is 0 Å². The number of rotatable bonds is 8. The molecule has 30 heavy (non-hydrogen) atoms. The largest absolute Gasteiger partial charge is 0.491 e. The molecule has 2 aliphatic rings. The fourth-order valence-electron chi connectivity index (χ4n) is 3.89. The average Bonchev–Trinajstić information content (AvgIpc) is 3.62. The molecule has 0 bridgehead atoms. The van der Waals surface area contributed by atoms with Crippen molar-refractivity contribution in [3.05, 3.63) is 65.2 Å². The minimum Gasteiger partial charge on any atom is -0.491 e. The van der Waals surface area contributed by atoms with Gasteiger partial charge in [0.25, 0.3) is 0 Å². The molecule has 0 radical (unpaired) electrons. The van der Waals surface area contributed by atoms with Gasteiger partial charge in [-0.3, -0.25) is 9.59 Å². The van der Waals surface area contributed by atoms with E-state index in [0.29, 0.717) is 39.1 Å². The third-order valence-electron chi connectivity index (χ3n) is 5.79. The van der Waals surface area contributed by atoms with Crippen LogP contribution in [0.3, 0.4) is 0 Å². The number of carbonyl (C=O) groups excluding carboxylic acids is 2. The molecule has 1 aliphatic carbocycles. The maximum Gasteiger partial charge on any atom is 0.226 e. The summed E-state index contributed by atoms with van der Waals surface area (Å²) >= 11 is 0. The standard InChI is InChI=1S/C25H30N2O3/c28-24(26-14-4-7-19-5-2-1-3-6-19)13-9-20-8-12-23-22(17-20)18-27(15-16-30-23)25(29)21-10-11-21/h1-3,5-6,8,12,17,21H,4,7,9-11,13-16,18H2,(H,26,28). The van der Waals surface area contributed by atoms with Crippen LogP contribution in [0.25, 0.3) is 0 Å².